The Morgan fingerprint density at radius 2 is 2.06 bits per heavy atom. The van der Waals surface area contributed by atoms with E-state index in [2.05, 4.69) is 10.2 Å². The second-order valence-corrected chi connectivity index (χ2v) is 4.87. The summed E-state index contributed by atoms with van der Waals surface area (Å²) in [6.45, 7) is 5.53. The normalized spacial score (nSPS) is 17.7. The zero-order valence-electron chi connectivity index (χ0n) is 10.9. The number of carbonyl (C=O) groups excluding carboxylic acids is 1. The van der Waals surface area contributed by atoms with Crippen molar-refractivity contribution in [2.45, 2.75) is 32.7 Å². The molecule has 1 atom stereocenters. The van der Waals surface area contributed by atoms with Crippen molar-refractivity contribution in [2.75, 3.05) is 18.4 Å². The fraction of sp³-hybridized carbons (Fsp3) is 0.500. The molecular weight excluding hydrogens is 231 g/mol. The third kappa shape index (κ3) is 2.88. The number of rotatable bonds is 3. The first kappa shape index (κ1) is 13.0. The van der Waals surface area contributed by atoms with Crippen LogP contribution in [0.15, 0.2) is 18.2 Å². The predicted molar refractivity (Wildman–Crippen MR) is 70.0 cm³/mol. The van der Waals surface area contributed by atoms with Crippen LogP contribution >= 0.6 is 0 Å². The smallest absolute Gasteiger partial charge is 0.241 e. The van der Waals surface area contributed by atoms with E-state index in [9.17, 15) is 9.18 Å². The van der Waals surface area contributed by atoms with E-state index in [1.54, 1.807) is 19.1 Å². The van der Waals surface area contributed by atoms with Crippen LogP contribution in [-0.4, -0.2) is 29.9 Å². The third-order valence-corrected chi connectivity index (χ3v) is 3.51. The van der Waals surface area contributed by atoms with Crippen LogP contribution in [0, 0.1) is 12.7 Å². The van der Waals surface area contributed by atoms with E-state index in [4.69, 9.17) is 0 Å². The van der Waals surface area contributed by atoms with Gasteiger partial charge in [-0.25, -0.2) is 4.39 Å². The lowest BCUT2D eigenvalue weighted by molar-refractivity contribution is -0.120. The summed E-state index contributed by atoms with van der Waals surface area (Å²) in [6.07, 6.45) is 2.30. The summed E-state index contributed by atoms with van der Waals surface area (Å²) >= 11 is 0. The lowest BCUT2D eigenvalue weighted by Gasteiger charge is -2.22. The van der Waals surface area contributed by atoms with Crippen molar-refractivity contribution >= 4 is 11.6 Å². The van der Waals surface area contributed by atoms with Crippen LogP contribution in [0.3, 0.4) is 0 Å². The maximum absolute atomic E-state index is 13.4. The Morgan fingerprint density at radius 3 is 2.67 bits per heavy atom. The molecular formula is C14H19FN2O. The lowest BCUT2D eigenvalue weighted by Crippen LogP contribution is -2.40. The van der Waals surface area contributed by atoms with Crippen LogP contribution in [0.25, 0.3) is 0 Å². The molecule has 0 unspecified atom stereocenters. The number of hydrogen-bond donors (Lipinski definition) is 1. The van der Waals surface area contributed by atoms with Gasteiger partial charge in [-0.05, 0) is 57.5 Å². The van der Waals surface area contributed by atoms with Gasteiger partial charge in [0.1, 0.15) is 5.82 Å². The van der Waals surface area contributed by atoms with Crippen LogP contribution in [0.5, 0.6) is 0 Å². The van der Waals surface area contributed by atoms with Crippen molar-refractivity contribution in [3.8, 4) is 0 Å². The summed E-state index contributed by atoms with van der Waals surface area (Å²) in [4.78, 5) is 14.2. The summed E-state index contributed by atoms with van der Waals surface area (Å²) in [6, 6.07) is 4.61. The molecule has 1 amide bonds. The summed E-state index contributed by atoms with van der Waals surface area (Å²) in [7, 11) is 0. The van der Waals surface area contributed by atoms with Gasteiger partial charge < -0.3 is 5.32 Å². The SMILES string of the molecule is Cc1ccc(NC(=O)[C@@H](C)N2CCCC2)cc1F. The van der Waals surface area contributed by atoms with Gasteiger partial charge in [-0.2, -0.15) is 0 Å². The van der Waals surface area contributed by atoms with Gasteiger partial charge in [0, 0.05) is 5.69 Å². The van der Waals surface area contributed by atoms with E-state index in [-0.39, 0.29) is 17.8 Å². The predicted octanol–water partition coefficient (Wildman–Crippen LogP) is 2.56. The van der Waals surface area contributed by atoms with Crippen LogP contribution in [0.1, 0.15) is 25.3 Å². The average Bonchev–Trinajstić information content (AvgIpc) is 2.86. The monoisotopic (exact) mass is 250 g/mol. The molecule has 4 heteroatoms. The number of aryl methyl sites for hydroxylation is 1. The first-order valence-electron chi connectivity index (χ1n) is 6.39. The first-order chi connectivity index (χ1) is 8.58. The zero-order valence-corrected chi connectivity index (χ0v) is 10.9. The number of halogens is 1. The number of hydrogen-bond acceptors (Lipinski definition) is 2. The highest BCUT2D eigenvalue weighted by molar-refractivity contribution is 5.94. The van der Waals surface area contributed by atoms with Gasteiger partial charge in [-0.1, -0.05) is 6.07 Å². The minimum Gasteiger partial charge on any atom is -0.325 e. The minimum absolute atomic E-state index is 0.0693. The van der Waals surface area contributed by atoms with Gasteiger partial charge in [-0.3, -0.25) is 9.69 Å². The molecule has 1 fully saturated rings. The van der Waals surface area contributed by atoms with Gasteiger partial charge in [-0.15, -0.1) is 0 Å². The molecule has 98 valence electrons. The molecule has 1 heterocycles. The summed E-state index contributed by atoms with van der Waals surface area (Å²) < 4.78 is 13.4. The summed E-state index contributed by atoms with van der Waals surface area (Å²) in [5.41, 5.74) is 1.11. The topological polar surface area (TPSA) is 32.3 Å². The van der Waals surface area contributed by atoms with E-state index in [0.717, 1.165) is 25.9 Å². The van der Waals surface area contributed by atoms with Crippen LogP contribution in [0.4, 0.5) is 10.1 Å². The molecule has 0 aromatic heterocycles. The molecule has 3 nitrogen and oxygen atoms in total. The van der Waals surface area contributed by atoms with Crippen molar-refractivity contribution in [2.24, 2.45) is 0 Å². The van der Waals surface area contributed by atoms with Crippen molar-refractivity contribution in [3.05, 3.63) is 29.6 Å². The largest absolute Gasteiger partial charge is 0.325 e. The molecule has 0 spiro atoms. The van der Waals surface area contributed by atoms with Gasteiger partial charge in [0.15, 0.2) is 0 Å². The van der Waals surface area contributed by atoms with E-state index >= 15 is 0 Å². The molecule has 0 radical (unpaired) electrons. The number of anilines is 1. The van der Waals surface area contributed by atoms with E-state index < -0.39 is 0 Å². The third-order valence-electron chi connectivity index (χ3n) is 3.51. The average molecular weight is 250 g/mol. The second kappa shape index (κ2) is 5.48. The Kier molecular flexibility index (Phi) is 3.97. The van der Waals surface area contributed by atoms with Crippen LogP contribution in [0.2, 0.25) is 0 Å². The highest BCUT2D eigenvalue weighted by Gasteiger charge is 2.23. The number of carbonyl (C=O) groups is 1. The molecule has 2 rings (SSSR count). The van der Waals surface area contributed by atoms with Crippen molar-refractivity contribution in [1.82, 2.24) is 4.90 Å². The summed E-state index contributed by atoms with van der Waals surface area (Å²) in [5.74, 6) is -0.359. The van der Waals surface area contributed by atoms with Crippen molar-refractivity contribution < 1.29 is 9.18 Å². The van der Waals surface area contributed by atoms with Gasteiger partial charge >= 0.3 is 0 Å². The van der Waals surface area contributed by atoms with Gasteiger partial charge in [0.05, 0.1) is 6.04 Å². The maximum Gasteiger partial charge on any atom is 0.241 e. The van der Waals surface area contributed by atoms with Crippen LogP contribution < -0.4 is 5.32 Å². The Morgan fingerprint density at radius 1 is 1.39 bits per heavy atom. The van der Waals surface area contributed by atoms with E-state index in [1.165, 1.54) is 6.07 Å². The second-order valence-electron chi connectivity index (χ2n) is 4.87. The molecule has 1 aromatic carbocycles. The molecule has 0 bridgehead atoms. The minimum atomic E-state index is -0.290. The van der Waals surface area contributed by atoms with Crippen LogP contribution in [-0.2, 0) is 4.79 Å². The lowest BCUT2D eigenvalue weighted by atomic mass is 10.2. The number of nitrogens with one attached hydrogen (secondary N) is 1. The van der Waals surface area contributed by atoms with Gasteiger partial charge in [0.2, 0.25) is 5.91 Å². The zero-order chi connectivity index (χ0) is 13.1. The standard InChI is InChI=1S/C14H19FN2O/c1-10-5-6-12(9-13(10)15)16-14(18)11(2)17-7-3-4-8-17/h5-6,9,11H,3-4,7-8H2,1-2H3,(H,16,18)/t11-/m1/s1. The van der Waals surface area contributed by atoms with E-state index in [0.29, 0.717) is 11.3 Å². The number of likely N-dealkylation sites (tertiary alicyclic amines) is 1. The number of benzene rings is 1. The Labute approximate surface area is 107 Å². The number of amides is 1. The first-order valence-corrected chi connectivity index (χ1v) is 6.39. The quantitative estimate of drug-likeness (QED) is 0.894. The molecule has 1 aromatic rings. The Bertz CT molecular complexity index is 441. The molecule has 1 N–H and O–H groups in total. The number of nitrogens with zero attached hydrogens (tertiary/aromatic N) is 1. The molecule has 1 saturated heterocycles. The van der Waals surface area contributed by atoms with Gasteiger partial charge in [0.25, 0.3) is 0 Å². The highest BCUT2D eigenvalue weighted by Crippen LogP contribution is 2.16. The molecule has 1 aliphatic heterocycles. The Hall–Kier alpha value is -1.42. The van der Waals surface area contributed by atoms with E-state index in [1.807, 2.05) is 6.92 Å². The summed E-state index contributed by atoms with van der Waals surface area (Å²) in [5, 5.41) is 2.77. The maximum atomic E-state index is 13.4. The molecule has 0 saturated carbocycles. The van der Waals surface area contributed by atoms with Crippen molar-refractivity contribution in [3.63, 3.8) is 0 Å². The Balaban J connectivity index is 1.99. The fourth-order valence-electron chi connectivity index (χ4n) is 2.21. The molecule has 18 heavy (non-hydrogen) atoms. The van der Waals surface area contributed by atoms with Crippen molar-refractivity contribution in [1.29, 1.82) is 0 Å². The highest BCUT2D eigenvalue weighted by atomic mass is 19.1. The molecule has 0 aliphatic carbocycles. The molecule has 1 aliphatic rings. The fourth-order valence-corrected chi connectivity index (χ4v) is 2.21.